The Morgan fingerprint density at radius 1 is 1.38 bits per heavy atom. The highest BCUT2D eigenvalue weighted by Crippen LogP contribution is 2.37. The van der Waals surface area contributed by atoms with Gasteiger partial charge in [0, 0.05) is 47.0 Å². The first-order chi connectivity index (χ1) is 7.61. The molecular formula is C12H24N2OS. The molecule has 0 aromatic heterocycles. The Bertz CT molecular complexity index is 258. The molecule has 4 unspecified atom stereocenters. The highest BCUT2D eigenvalue weighted by molar-refractivity contribution is 7.84. The van der Waals surface area contributed by atoms with E-state index >= 15 is 0 Å². The Balaban J connectivity index is 1.99. The van der Waals surface area contributed by atoms with Crippen molar-refractivity contribution in [1.29, 1.82) is 0 Å². The second-order valence-electron chi connectivity index (χ2n) is 5.38. The van der Waals surface area contributed by atoms with Gasteiger partial charge in [-0.1, -0.05) is 0 Å². The van der Waals surface area contributed by atoms with Crippen LogP contribution in [0.4, 0.5) is 0 Å². The number of nitrogens with zero attached hydrogens (tertiary/aromatic N) is 1. The number of fused-ring (bicyclic) bond motifs is 2. The molecule has 4 heteroatoms. The van der Waals surface area contributed by atoms with Crippen LogP contribution in [0, 0.1) is 0 Å². The second-order valence-corrected chi connectivity index (χ2v) is 6.86. The van der Waals surface area contributed by atoms with E-state index in [0.29, 0.717) is 12.1 Å². The van der Waals surface area contributed by atoms with Crippen LogP contribution in [0.5, 0.6) is 0 Å². The smallest absolute Gasteiger partial charge is 0.0385 e. The summed E-state index contributed by atoms with van der Waals surface area (Å²) >= 11 is 0. The lowest BCUT2D eigenvalue weighted by molar-refractivity contribution is 0.0885. The molecule has 0 radical (unpaired) electrons. The molecule has 0 aromatic rings. The van der Waals surface area contributed by atoms with Crippen LogP contribution >= 0.6 is 0 Å². The van der Waals surface area contributed by atoms with Crippen molar-refractivity contribution in [2.75, 3.05) is 19.1 Å². The Morgan fingerprint density at radius 2 is 1.94 bits per heavy atom. The van der Waals surface area contributed by atoms with Gasteiger partial charge in [-0.2, -0.15) is 0 Å². The van der Waals surface area contributed by atoms with Crippen LogP contribution < -0.4 is 5.32 Å². The molecule has 0 amide bonds. The van der Waals surface area contributed by atoms with Crippen LogP contribution in [0.1, 0.15) is 32.6 Å². The highest BCUT2D eigenvalue weighted by atomic mass is 32.2. The van der Waals surface area contributed by atoms with Gasteiger partial charge in [-0.05, 0) is 39.7 Å². The summed E-state index contributed by atoms with van der Waals surface area (Å²) in [6, 6.07) is 2.65. The zero-order valence-electron chi connectivity index (χ0n) is 10.6. The monoisotopic (exact) mass is 244 g/mol. The minimum atomic E-state index is -0.667. The third-order valence-electron chi connectivity index (χ3n) is 4.18. The van der Waals surface area contributed by atoms with Gasteiger partial charge in [-0.25, -0.2) is 0 Å². The van der Waals surface area contributed by atoms with E-state index in [-0.39, 0.29) is 0 Å². The molecule has 1 N–H and O–H groups in total. The molecule has 0 saturated carbocycles. The molecule has 0 spiro atoms. The molecular weight excluding hydrogens is 220 g/mol. The summed E-state index contributed by atoms with van der Waals surface area (Å²) < 4.78 is 11.3. The fourth-order valence-corrected chi connectivity index (χ4v) is 4.45. The van der Waals surface area contributed by atoms with Crippen LogP contribution in [0.2, 0.25) is 0 Å². The van der Waals surface area contributed by atoms with Gasteiger partial charge in [0.15, 0.2) is 0 Å². The summed E-state index contributed by atoms with van der Waals surface area (Å²) in [5.41, 5.74) is 0. The number of rotatable bonds is 4. The lowest BCUT2D eigenvalue weighted by Gasteiger charge is -2.42. The normalized spacial score (nSPS) is 38.6. The molecule has 2 rings (SSSR count). The van der Waals surface area contributed by atoms with E-state index in [1.165, 1.54) is 25.7 Å². The number of piperidine rings is 1. The zero-order chi connectivity index (χ0) is 11.7. The Hall–Kier alpha value is 0.0700. The van der Waals surface area contributed by atoms with E-state index in [1.54, 1.807) is 0 Å². The SMILES string of the molecule is CNC1CC2CCC(C1)N2C(C)CS(C)=O. The van der Waals surface area contributed by atoms with Gasteiger partial charge in [0.05, 0.1) is 0 Å². The van der Waals surface area contributed by atoms with Crippen LogP contribution in [-0.2, 0) is 10.8 Å². The van der Waals surface area contributed by atoms with Crippen molar-refractivity contribution >= 4 is 10.8 Å². The average molecular weight is 244 g/mol. The van der Waals surface area contributed by atoms with E-state index in [4.69, 9.17) is 0 Å². The fourth-order valence-electron chi connectivity index (χ4n) is 3.59. The summed E-state index contributed by atoms with van der Waals surface area (Å²) in [6.07, 6.45) is 7.03. The summed E-state index contributed by atoms with van der Waals surface area (Å²) in [5, 5.41) is 3.42. The van der Waals surface area contributed by atoms with Gasteiger partial charge in [-0.3, -0.25) is 9.11 Å². The van der Waals surface area contributed by atoms with Crippen molar-refractivity contribution in [2.24, 2.45) is 0 Å². The maximum absolute atomic E-state index is 11.3. The minimum absolute atomic E-state index is 0.487. The molecule has 2 aliphatic heterocycles. The summed E-state index contributed by atoms with van der Waals surface area (Å²) in [5.74, 6) is 0.831. The maximum Gasteiger partial charge on any atom is 0.0385 e. The van der Waals surface area contributed by atoms with Gasteiger partial charge in [0.2, 0.25) is 0 Å². The zero-order valence-corrected chi connectivity index (χ0v) is 11.4. The number of hydrogen-bond acceptors (Lipinski definition) is 3. The molecule has 0 aromatic carbocycles. The lowest BCUT2D eigenvalue weighted by Crippen LogP contribution is -2.53. The van der Waals surface area contributed by atoms with Gasteiger partial charge in [-0.15, -0.1) is 0 Å². The van der Waals surface area contributed by atoms with Crippen molar-refractivity contribution < 1.29 is 4.21 Å². The molecule has 2 saturated heterocycles. The van der Waals surface area contributed by atoms with Gasteiger partial charge < -0.3 is 5.32 Å². The van der Waals surface area contributed by atoms with Crippen LogP contribution in [0.15, 0.2) is 0 Å². The molecule has 94 valence electrons. The molecule has 2 heterocycles. The summed E-state index contributed by atoms with van der Waals surface area (Å²) in [4.78, 5) is 2.65. The first-order valence-electron chi connectivity index (χ1n) is 6.36. The first kappa shape index (κ1) is 12.5. The largest absolute Gasteiger partial charge is 0.317 e. The predicted octanol–water partition coefficient (Wildman–Crippen LogP) is 0.968. The van der Waals surface area contributed by atoms with Crippen LogP contribution in [0.25, 0.3) is 0 Å². The fraction of sp³-hybridized carbons (Fsp3) is 1.00. The van der Waals surface area contributed by atoms with Gasteiger partial charge in [0.25, 0.3) is 0 Å². The summed E-state index contributed by atoms with van der Waals surface area (Å²) in [7, 11) is 1.41. The minimum Gasteiger partial charge on any atom is -0.317 e. The van der Waals surface area contributed by atoms with E-state index in [9.17, 15) is 4.21 Å². The van der Waals surface area contributed by atoms with Crippen molar-refractivity contribution in [3.63, 3.8) is 0 Å². The van der Waals surface area contributed by atoms with Crippen molar-refractivity contribution in [3.05, 3.63) is 0 Å². The molecule has 3 nitrogen and oxygen atoms in total. The topological polar surface area (TPSA) is 32.3 Å². The summed E-state index contributed by atoms with van der Waals surface area (Å²) in [6.45, 7) is 2.24. The van der Waals surface area contributed by atoms with E-state index in [1.807, 2.05) is 6.26 Å². The molecule has 0 aliphatic carbocycles. The van der Waals surface area contributed by atoms with Crippen molar-refractivity contribution in [3.8, 4) is 0 Å². The van der Waals surface area contributed by atoms with Gasteiger partial charge >= 0.3 is 0 Å². The standard InChI is InChI=1S/C12H24N2OS/c1-9(8-16(3)15)14-11-4-5-12(14)7-10(6-11)13-2/h9-13H,4-8H2,1-3H3. The lowest BCUT2D eigenvalue weighted by atomic mass is 9.96. The molecule has 4 atom stereocenters. The van der Waals surface area contributed by atoms with Crippen molar-refractivity contribution in [2.45, 2.75) is 56.8 Å². The molecule has 2 aliphatic rings. The third kappa shape index (κ3) is 2.49. The Kier molecular flexibility index (Phi) is 4.03. The third-order valence-corrected chi connectivity index (χ3v) is 5.13. The first-order valence-corrected chi connectivity index (χ1v) is 8.09. The Morgan fingerprint density at radius 3 is 2.38 bits per heavy atom. The molecule has 16 heavy (non-hydrogen) atoms. The maximum atomic E-state index is 11.3. The van der Waals surface area contributed by atoms with E-state index in [0.717, 1.165) is 17.8 Å². The quantitative estimate of drug-likeness (QED) is 0.800. The van der Waals surface area contributed by atoms with Crippen molar-refractivity contribution in [1.82, 2.24) is 10.2 Å². The van der Waals surface area contributed by atoms with Gasteiger partial charge in [0.1, 0.15) is 0 Å². The number of nitrogens with one attached hydrogen (secondary N) is 1. The molecule has 2 fully saturated rings. The Labute approximate surface area is 101 Å². The predicted molar refractivity (Wildman–Crippen MR) is 69.1 cm³/mol. The molecule has 2 bridgehead atoms. The highest BCUT2D eigenvalue weighted by Gasteiger charge is 2.42. The van der Waals surface area contributed by atoms with E-state index < -0.39 is 10.8 Å². The number of hydrogen-bond donors (Lipinski definition) is 1. The average Bonchev–Trinajstić information content (AvgIpc) is 2.49. The van der Waals surface area contributed by atoms with Crippen LogP contribution in [0.3, 0.4) is 0 Å². The van der Waals surface area contributed by atoms with E-state index in [2.05, 4.69) is 24.2 Å². The second kappa shape index (κ2) is 5.15. The van der Waals surface area contributed by atoms with Crippen LogP contribution in [-0.4, -0.2) is 52.3 Å².